The molecule has 0 saturated carbocycles. The van der Waals surface area contributed by atoms with Crippen LogP contribution in [0, 0.1) is 0 Å². The number of nitrogens with one attached hydrogen (secondary N) is 1. The van der Waals surface area contributed by atoms with E-state index in [1.807, 2.05) is 36.5 Å². The van der Waals surface area contributed by atoms with E-state index >= 15 is 0 Å². The minimum atomic E-state index is -2.99. The molecule has 120 valence electrons. The molecular formula is C16H17N3O3S. The lowest BCUT2D eigenvalue weighted by Crippen LogP contribution is -2.34. The molecule has 1 saturated heterocycles. The van der Waals surface area contributed by atoms with E-state index in [9.17, 15) is 13.2 Å². The van der Waals surface area contributed by atoms with Crippen LogP contribution in [0.15, 0.2) is 48.8 Å². The number of hydrogen-bond donors (Lipinski definition) is 1. The van der Waals surface area contributed by atoms with Gasteiger partial charge < -0.3 is 5.32 Å². The molecule has 0 radical (unpaired) electrons. The monoisotopic (exact) mass is 331 g/mol. The quantitative estimate of drug-likeness (QED) is 0.853. The lowest BCUT2D eigenvalue weighted by Gasteiger charge is -2.07. The van der Waals surface area contributed by atoms with Gasteiger partial charge in [0.15, 0.2) is 9.84 Å². The molecule has 2 aromatic rings. The Morgan fingerprint density at radius 2 is 2.09 bits per heavy atom. The standard InChI is InChI=1S/C16H17N3O3S/c20-16(18-14-8-9-23(21,22)12-14)7-6-13-10-17-19(11-13)15-4-2-1-3-5-15/h1-7,10-11,14H,8-9,12H2,(H,18,20)/b7-6-/t14-/m1/s1. The van der Waals surface area contributed by atoms with Gasteiger partial charge in [-0.15, -0.1) is 0 Å². The summed E-state index contributed by atoms with van der Waals surface area (Å²) in [6.45, 7) is 0. The Hall–Kier alpha value is -2.41. The largest absolute Gasteiger partial charge is 0.349 e. The van der Waals surface area contributed by atoms with Crippen molar-refractivity contribution in [3.05, 3.63) is 54.4 Å². The molecule has 2 heterocycles. The Labute approximate surface area is 134 Å². The fraction of sp³-hybridized carbons (Fsp3) is 0.250. The Bertz CT molecular complexity index is 825. The summed E-state index contributed by atoms with van der Waals surface area (Å²) in [7, 11) is -2.99. The molecule has 7 heteroatoms. The second-order valence-electron chi connectivity index (χ2n) is 5.50. The smallest absolute Gasteiger partial charge is 0.244 e. The molecule has 23 heavy (non-hydrogen) atoms. The summed E-state index contributed by atoms with van der Waals surface area (Å²) in [4.78, 5) is 11.8. The van der Waals surface area contributed by atoms with Gasteiger partial charge in [-0.25, -0.2) is 13.1 Å². The van der Waals surface area contributed by atoms with Crippen molar-refractivity contribution >= 4 is 21.8 Å². The van der Waals surface area contributed by atoms with Crippen LogP contribution in [0.4, 0.5) is 0 Å². The van der Waals surface area contributed by atoms with E-state index in [2.05, 4.69) is 10.4 Å². The Balaban J connectivity index is 1.60. The number of hydrogen-bond acceptors (Lipinski definition) is 4. The third-order valence-electron chi connectivity index (χ3n) is 3.63. The van der Waals surface area contributed by atoms with Crippen LogP contribution in [0.3, 0.4) is 0 Å². The summed E-state index contributed by atoms with van der Waals surface area (Å²) in [5.41, 5.74) is 1.73. The second-order valence-corrected chi connectivity index (χ2v) is 7.72. The van der Waals surface area contributed by atoms with Crippen LogP contribution in [0.2, 0.25) is 0 Å². The van der Waals surface area contributed by atoms with Crippen molar-refractivity contribution in [1.82, 2.24) is 15.1 Å². The molecule has 1 aliphatic rings. The third kappa shape index (κ3) is 4.07. The van der Waals surface area contributed by atoms with Gasteiger partial charge in [0.25, 0.3) is 0 Å². The van der Waals surface area contributed by atoms with Gasteiger partial charge in [0.1, 0.15) is 0 Å². The van der Waals surface area contributed by atoms with E-state index in [-0.39, 0.29) is 23.5 Å². The lowest BCUT2D eigenvalue weighted by atomic mass is 10.2. The molecule has 0 spiro atoms. The van der Waals surface area contributed by atoms with Gasteiger partial charge in [-0.1, -0.05) is 18.2 Å². The summed E-state index contributed by atoms with van der Waals surface area (Å²) < 4.78 is 24.4. The first-order valence-corrected chi connectivity index (χ1v) is 9.13. The van der Waals surface area contributed by atoms with Crippen LogP contribution < -0.4 is 5.32 Å². The molecule has 1 aromatic carbocycles. The minimum absolute atomic E-state index is 0.0263. The highest BCUT2D eigenvalue weighted by molar-refractivity contribution is 7.91. The van der Waals surface area contributed by atoms with Gasteiger partial charge >= 0.3 is 0 Å². The highest BCUT2D eigenvalue weighted by atomic mass is 32.2. The molecule has 1 amide bonds. The van der Waals surface area contributed by atoms with Crippen LogP contribution in [-0.4, -0.2) is 41.7 Å². The summed E-state index contributed by atoms with van der Waals surface area (Å²) in [6.07, 6.45) is 7.02. The maximum atomic E-state index is 11.8. The van der Waals surface area contributed by atoms with Crippen molar-refractivity contribution in [3.63, 3.8) is 0 Å². The van der Waals surface area contributed by atoms with Crippen molar-refractivity contribution in [2.75, 3.05) is 11.5 Å². The van der Waals surface area contributed by atoms with E-state index in [1.54, 1.807) is 17.0 Å². The van der Waals surface area contributed by atoms with Crippen LogP contribution in [0.1, 0.15) is 12.0 Å². The normalized spacial score (nSPS) is 19.9. The molecular weight excluding hydrogens is 314 g/mol. The van der Waals surface area contributed by atoms with Gasteiger partial charge in [-0.3, -0.25) is 4.79 Å². The lowest BCUT2D eigenvalue weighted by molar-refractivity contribution is -0.116. The number of carbonyl (C=O) groups excluding carboxylic acids is 1. The number of benzene rings is 1. The SMILES string of the molecule is O=C(/C=C\c1cnn(-c2ccccc2)c1)N[C@@H]1CCS(=O)(=O)C1. The number of nitrogens with zero attached hydrogens (tertiary/aromatic N) is 2. The second kappa shape index (κ2) is 6.37. The van der Waals surface area contributed by atoms with Crippen molar-refractivity contribution in [2.24, 2.45) is 0 Å². The fourth-order valence-corrected chi connectivity index (χ4v) is 4.15. The Morgan fingerprint density at radius 1 is 1.30 bits per heavy atom. The Morgan fingerprint density at radius 3 is 2.78 bits per heavy atom. The number of sulfone groups is 1. The molecule has 0 bridgehead atoms. The molecule has 0 aliphatic carbocycles. The van der Waals surface area contributed by atoms with E-state index in [1.165, 1.54) is 6.08 Å². The first kappa shape index (κ1) is 15.5. The van der Waals surface area contributed by atoms with Crippen molar-refractivity contribution < 1.29 is 13.2 Å². The predicted octanol–water partition coefficient (Wildman–Crippen LogP) is 1.19. The van der Waals surface area contributed by atoms with Crippen molar-refractivity contribution in [3.8, 4) is 5.69 Å². The average molecular weight is 331 g/mol. The highest BCUT2D eigenvalue weighted by Crippen LogP contribution is 2.12. The van der Waals surface area contributed by atoms with Crippen LogP contribution in [0.5, 0.6) is 0 Å². The predicted molar refractivity (Wildman–Crippen MR) is 87.8 cm³/mol. The number of amides is 1. The van der Waals surface area contributed by atoms with Crippen LogP contribution in [-0.2, 0) is 14.6 Å². The van der Waals surface area contributed by atoms with E-state index in [4.69, 9.17) is 0 Å². The number of aromatic nitrogens is 2. The van der Waals surface area contributed by atoms with Gasteiger partial charge in [-0.05, 0) is 24.6 Å². The van der Waals surface area contributed by atoms with Crippen molar-refractivity contribution in [1.29, 1.82) is 0 Å². The number of carbonyl (C=O) groups is 1. The molecule has 6 nitrogen and oxygen atoms in total. The molecule has 1 N–H and O–H groups in total. The third-order valence-corrected chi connectivity index (χ3v) is 5.40. The highest BCUT2D eigenvalue weighted by Gasteiger charge is 2.28. The summed E-state index contributed by atoms with van der Waals surface area (Å²) in [5.74, 6) is -0.121. The van der Waals surface area contributed by atoms with Gasteiger partial charge in [-0.2, -0.15) is 5.10 Å². The maximum absolute atomic E-state index is 11.8. The van der Waals surface area contributed by atoms with Gasteiger partial charge in [0.2, 0.25) is 5.91 Å². The first-order chi connectivity index (χ1) is 11.0. The molecule has 1 fully saturated rings. The zero-order valence-corrected chi connectivity index (χ0v) is 13.2. The van der Waals surface area contributed by atoms with Gasteiger partial charge in [0, 0.05) is 23.9 Å². The number of para-hydroxylation sites is 1. The topological polar surface area (TPSA) is 81.1 Å². The molecule has 3 rings (SSSR count). The summed E-state index contributed by atoms with van der Waals surface area (Å²) in [6, 6.07) is 9.37. The first-order valence-electron chi connectivity index (χ1n) is 7.31. The van der Waals surface area contributed by atoms with E-state index in [0.29, 0.717) is 6.42 Å². The Kier molecular flexibility index (Phi) is 4.29. The molecule has 0 unspecified atom stereocenters. The van der Waals surface area contributed by atoms with Crippen LogP contribution in [0.25, 0.3) is 11.8 Å². The zero-order chi connectivity index (χ0) is 16.3. The fourth-order valence-electron chi connectivity index (χ4n) is 2.47. The maximum Gasteiger partial charge on any atom is 0.244 e. The van der Waals surface area contributed by atoms with Gasteiger partial charge in [0.05, 0.1) is 23.4 Å². The molecule has 1 atom stereocenters. The molecule has 1 aromatic heterocycles. The minimum Gasteiger partial charge on any atom is -0.349 e. The van der Waals surface area contributed by atoms with E-state index in [0.717, 1.165) is 11.3 Å². The molecule has 1 aliphatic heterocycles. The van der Waals surface area contributed by atoms with Crippen molar-refractivity contribution in [2.45, 2.75) is 12.5 Å². The zero-order valence-electron chi connectivity index (χ0n) is 12.4. The van der Waals surface area contributed by atoms with Crippen LogP contribution >= 0.6 is 0 Å². The summed E-state index contributed by atoms with van der Waals surface area (Å²) >= 11 is 0. The average Bonchev–Trinajstić information content (AvgIpc) is 3.13. The van der Waals surface area contributed by atoms with E-state index < -0.39 is 9.84 Å². The number of rotatable bonds is 4. The summed E-state index contributed by atoms with van der Waals surface area (Å²) in [5, 5.41) is 6.95.